The molecule has 2 aromatic heterocycles. The third kappa shape index (κ3) is 4.86. The van der Waals surface area contributed by atoms with Gasteiger partial charge < -0.3 is 19.8 Å². The number of furan rings is 1. The normalized spacial score (nSPS) is 10.3. The van der Waals surface area contributed by atoms with Crippen molar-refractivity contribution >= 4 is 11.6 Å². The van der Waals surface area contributed by atoms with Crippen LogP contribution in [0.5, 0.6) is 5.75 Å². The molecule has 134 valence electrons. The van der Waals surface area contributed by atoms with Crippen LogP contribution in [0.3, 0.4) is 0 Å². The van der Waals surface area contributed by atoms with Gasteiger partial charge in [-0.15, -0.1) is 0 Å². The number of hydrogen-bond acceptors (Lipinski definition) is 5. The van der Waals surface area contributed by atoms with E-state index >= 15 is 0 Å². The predicted octanol–water partition coefficient (Wildman–Crippen LogP) is 3.27. The highest BCUT2D eigenvalue weighted by Gasteiger charge is 2.07. The van der Waals surface area contributed by atoms with E-state index in [0.29, 0.717) is 18.7 Å². The van der Waals surface area contributed by atoms with Crippen molar-refractivity contribution in [3.05, 3.63) is 78.0 Å². The first-order chi connectivity index (χ1) is 12.7. The largest absolute Gasteiger partial charge is 0.497 e. The van der Waals surface area contributed by atoms with Crippen LogP contribution in [0, 0.1) is 0 Å². The molecule has 6 heteroatoms. The van der Waals surface area contributed by atoms with Gasteiger partial charge in [-0.05, 0) is 42.3 Å². The number of aromatic nitrogens is 1. The van der Waals surface area contributed by atoms with Crippen molar-refractivity contribution < 1.29 is 13.9 Å². The van der Waals surface area contributed by atoms with E-state index in [1.54, 1.807) is 31.8 Å². The molecular weight excluding hydrogens is 330 g/mol. The van der Waals surface area contributed by atoms with Gasteiger partial charge in [0.25, 0.3) is 5.91 Å². The molecule has 2 N–H and O–H groups in total. The number of methoxy groups -OCH3 is 1. The number of rotatable bonds is 8. The Hall–Kier alpha value is -3.28. The molecule has 26 heavy (non-hydrogen) atoms. The third-order valence-corrected chi connectivity index (χ3v) is 3.88. The smallest absolute Gasteiger partial charge is 0.252 e. The monoisotopic (exact) mass is 351 g/mol. The van der Waals surface area contributed by atoms with Gasteiger partial charge in [0.05, 0.1) is 31.2 Å². The number of benzene rings is 1. The number of anilines is 1. The van der Waals surface area contributed by atoms with Gasteiger partial charge in [0, 0.05) is 18.9 Å². The zero-order valence-electron chi connectivity index (χ0n) is 14.6. The van der Waals surface area contributed by atoms with Crippen LogP contribution in [0.25, 0.3) is 0 Å². The average Bonchev–Trinajstić information content (AvgIpc) is 3.20. The first-order valence-corrected chi connectivity index (χ1v) is 8.37. The van der Waals surface area contributed by atoms with Gasteiger partial charge in [0.1, 0.15) is 11.5 Å². The molecule has 0 atom stereocenters. The number of ether oxygens (including phenoxy) is 1. The first-order valence-electron chi connectivity index (χ1n) is 8.37. The lowest BCUT2D eigenvalue weighted by molar-refractivity contribution is 0.0954. The molecule has 0 radical (unpaired) electrons. The highest BCUT2D eigenvalue weighted by molar-refractivity contribution is 5.94. The van der Waals surface area contributed by atoms with Crippen molar-refractivity contribution in [1.29, 1.82) is 0 Å². The topological polar surface area (TPSA) is 76.4 Å². The van der Waals surface area contributed by atoms with E-state index in [0.717, 1.165) is 29.2 Å². The average molecular weight is 351 g/mol. The number of carbonyl (C=O) groups is 1. The SMILES string of the molecule is COc1cccc(CCNC(=O)c2cncc(NCc3ccco3)c2)c1. The second-order valence-corrected chi connectivity index (χ2v) is 5.75. The highest BCUT2D eigenvalue weighted by Crippen LogP contribution is 2.13. The van der Waals surface area contributed by atoms with Gasteiger partial charge in [-0.25, -0.2) is 0 Å². The van der Waals surface area contributed by atoms with Crippen LogP contribution in [0.1, 0.15) is 21.7 Å². The maximum absolute atomic E-state index is 12.3. The van der Waals surface area contributed by atoms with E-state index in [2.05, 4.69) is 15.6 Å². The minimum Gasteiger partial charge on any atom is -0.497 e. The fraction of sp³-hybridized carbons (Fsp3) is 0.200. The molecule has 1 aromatic carbocycles. The minimum atomic E-state index is -0.151. The van der Waals surface area contributed by atoms with Gasteiger partial charge in [-0.3, -0.25) is 9.78 Å². The Morgan fingerprint density at radius 3 is 2.92 bits per heavy atom. The van der Waals surface area contributed by atoms with Crippen LogP contribution >= 0.6 is 0 Å². The Morgan fingerprint density at radius 1 is 1.19 bits per heavy atom. The van der Waals surface area contributed by atoms with E-state index in [1.165, 1.54) is 0 Å². The Kier molecular flexibility index (Phi) is 5.88. The second kappa shape index (κ2) is 8.71. The summed E-state index contributed by atoms with van der Waals surface area (Å²) in [5.41, 5.74) is 2.39. The molecule has 0 saturated heterocycles. The number of pyridine rings is 1. The number of amides is 1. The molecule has 0 fully saturated rings. The van der Waals surface area contributed by atoms with E-state index in [9.17, 15) is 4.79 Å². The lowest BCUT2D eigenvalue weighted by Gasteiger charge is -2.08. The predicted molar refractivity (Wildman–Crippen MR) is 99.3 cm³/mol. The van der Waals surface area contributed by atoms with Crippen LogP contribution < -0.4 is 15.4 Å². The highest BCUT2D eigenvalue weighted by atomic mass is 16.5. The number of carbonyl (C=O) groups excluding carboxylic acids is 1. The van der Waals surface area contributed by atoms with E-state index in [4.69, 9.17) is 9.15 Å². The minimum absolute atomic E-state index is 0.151. The van der Waals surface area contributed by atoms with Gasteiger partial charge in [-0.1, -0.05) is 12.1 Å². The number of hydrogen-bond donors (Lipinski definition) is 2. The number of nitrogens with zero attached hydrogens (tertiary/aromatic N) is 1. The molecule has 2 heterocycles. The van der Waals surface area contributed by atoms with Gasteiger partial charge in [-0.2, -0.15) is 0 Å². The molecule has 1 amide bonds. The number of nitrogens with one attached hydrogen (secondary N) is 2. The van der Waals surface area contributed by atoms with Crippen molar-refractivity contribution in [2.75, 3.05) is 19.0 Å². The zero-order valence-corrected chi connectivity index (χ0v) is 14.6. The summed E-state index contributed by atoms with van der Waals surface area (Å²) in [6.07, 6.45) is 5.59. The fourth-order valence-electron chi connectivity index (χ4n) is 2.51. The molecule has 0 spiro atoms. The molecule has 0 saturated carbocycles. The van der Waals surface area contributed by atoms with Crippen molar-refractivity contribution in [3.63, 3.8) is 0 Å². The quantitative estimate of drug-likeness (QED) is 0.651. The summed E-state index contributed by atoms with van der Waals surface area (Å²) < 4.78 is 10.5. The van der Waals surface area contributed by atoms with Crippen LogP contribution in [-0.4, -0.2) is 24.5 Å². The van der Waals surface area contributed by atoms with Crippen molar-refractivity contribution in [2.45, 2.75) is 13.0 Å². The lowest BCUT2D eigenvalue weighted by Crippen LogP contribution is -2.25. The van der Waals surface area contributed by atoms with Crippen LogP contribution in [0.15, 0.2) is 65.5 Å². The van der Waals surface area contributed by atoms with Crippen LogP contribution in [-0.2, 0) is 13.0 Å². The van der Waals surface area contributed by atoms with Gasteiger partial charge in [0.2, 0.25) is 0 Å². The Balaban J connectivity index is 1.51. The molecular formula is C20H21N3O3. The summed E-state index contributed by atoms with van der Waals surface area (Å²) in [4.78, 5) is 16.4. The summed E-state index contributed by atoms with van der Waals surface area (Å²) in [7, 11) is 1.64. The Morgan fingerprint density at radius 2 is 2.12 bits per heavy atom. The molecule has 0 aliphatic carbocycles. The van der Waals surface area contributed by atoms with E-state index in [1.807, 2.05) is 36.4 Å². The molecule has 0 bridgehead atoms. The molecule has 3 rings (SSSR count). The van der Waals surface area contributed by atoms with Gasteiger partial charge >= 0.3 is 0 Å². The van der Waals surface area contributed by atoms with Gasteiger partial charge in [0.15, 0.2) is 0 Å². The first kappa shape index (κ1) is 17.5. The summed E-state index contributed by atoms with van der Waals surface area (Å²) in [5.74, 6) is 1.48. The molecule has 3 aromatic rings. The standard InChI is InChI=1S/C20H21N3O3/c1-25-18-5-2-4-15(10-18)7-8-22-20(24)16-11-17(13-21-12-16)23-14-19-6-3-9-26-19/h2-6,9-13,23H,7-8,14H2,1H3,(H,22,24). The summed E-state index contributed by atoms with van der Waals surface area (Å²) in [6, 6.07) is 13.3. The Labute approximate surface area is 152 Å². The molecule has 0 aliphatic heterocycles. The third-order valence-electron chi connectivity index (χ3n) is 3.88. The summed E-state index contributed by atoms with van der Waals surface area (Å²) in [6.45, 7) is 1.08. The molecule has 0 unspecified atom stereocenters. The van der Waals surface area contributed by atoms with Crippen LogP contribution in [0.2, 0.25) is 0 Å². The Bertz CT molecular complexity index is 847. The maximum atomic E-state index is 12.3. The van der Waals surface area contributed by atoms with Crippen LogP contribution in [0.4, 0.5) is 5.69 Å². The van der Waals surface area contributed by atoms with Crippen molar-refractivity contribution in [1.82, 2.24) is 10.3 Å². The maximum Gasteiger partial charge on any atom is 0.252 e. The lowest BCUT2D eigenvalue weighted by atomic mass is 10.1. The van der Waals surface area contributed by atoms with Crippen molar-refractivity contribution in [2.24, 2.45) is 0 Å². The van der Waals surface area contributed by atoms with E-state index < -0.39 is 0 Å². The fourth-order valence-corrected chi connectivity index (χ4v) is 2.51. The molecule has 0 aliphatic rings. The summed E-state index contributed by atoms with van der Waals surface area (Å²) >= 11 is 0. The molecule has 6 nitrogen and oxygen atoms in total. The second-order valence-electron chi connectivity index (χ2n) is 5.75. The van der Waals surface area contributed by atoms with E-state index in [-0.39, 0.29) is 5.91 Å². The summed E-state index contributed by atoms with van der Waals surface area (Å²) in [5, 5.41) is 6.10. The van der Waals surface area contributed by atoms with Crippen molar-refractivity contribution in [3.8, 4) is 5.75 Å². The zero-order chi connectivity index (χ0) is 18.2.